The summed E-state index contributed by atoms with van der Waals surface area (Å²) in [5.41, 5.74) is 6.95. The Balaban J connectivity index is 1.39. The maximum Gasteiger partial charge on any atom is 0.251 e. The lowest BCUT2D eigenvalue weighted by molar-refractivity contribution is -0.121. The number of hydrogen-bond donors (Lipinski definition) is 10. The van der Waals surface area contributed by atoms with Crippen LogP contribution in [0, 0.1) is 13.8 Å². The first kappa shape index (κ1) is 47.3. The van der Waals surface area contributed by atoms with E-state index in [1.54, 1.807) is 114 Å². The third kappa shape index (κ3) is 9.67. The summed E-state index contributed by atoms with van der Waals surface area (Å²) in [6.45, 7) is 10.5. The first-order chi connectivity index (χ1) is 31.4. The van der Waals surface area contributed by atoms with Gasteiger partial charge in [0.2, 0.25) is 11.8 Å². The highest BCUT2D eigenvalue weighted by Crippen LogP contribution is 2.54. The molecule has 342 valence electrons. The van der Waals surface area contributed by atoms with Crippen LogP contribution in [-0.2, 0) is 9.59 Å². The Hall–Kier alpha value is -8.14. The fourth-order valence-corrected chi connectivity index (χ4v) is 8.04. The second-order valence-electron chi connectivity index (χ2n) is 16.4. The van der Waals surface area contributed by atoms with E-state index in [4.69, 9.17) is 0 Å². The van der Waals surface area contributed by atoms with E-state index in [1.165, 1.54) is 0 Å². The number of nitrogens with one attached hydrogen (secondary N) is 4. The molecule has 6 aromatic rings. The molecule has 10 N–H and O–H groups in total. The Morgan fingerprint density at radius 2 is 0.879 bits per heavy atom. The van der Waals surface area contributed by atoms with Crippen LogP contribution in [-0.4, -0.2) is 79.8 Å². The smallest absolute Gasteiger partial charge is 0.251 e. The molecule has 0 fully saturated rings. The summed E-state index contributed by atoms with van der Waals surface area (Å²) in [5.74, 6) is -5.65. The molecular formula is C50H52N6O10. The van der Waals surface area contributed by atoms with Crippen LogP contribution in [0.4, 0.5) is 0 Å². The van der Waals surface area contributed by atoms with E-state index in [9.17, 15) is 49.8 Å². The minimum atomic E-state index is -0.634. The van der Waals surface area contributed by atoms with Crippen molar-refractivity contribution in [1.29, 1.82) is 0 Å². The monoisotopic (exact) mass is 896 g/mol. The summed E-state index contributed by atoms with van der Waals surface area (Å²) in [4.78, 5) is 50.3. The Bertz CT molecular complexity index is 2730. The molecule has 0 aromatic heterocycles. The van der Waals surface area contributed by atoms with Crippen LogP contribution >= 0.6 is 0 Å². The number of carbonyl (C=O) groups excluding carboxylic acids is 4. The maximum atomic E-state index is 12.7. The van der Waals surface area contributed by atoms with Crippen LogP contribution < -0.4 is 21.5 Å². The number of aryl methyl sites for hydroxylation is 2. The zero-order valence-electron chi connectivity index (χ0n) is 37.3. The molecule has 0 atom stereocenters. The van der Waals surface area contributed by atoms with Gasteiger partial charge in [-0.05, 0) is 71.8 Å². The minimum Gasteiger partial charge on any atom is -0.507 e. The van der Waals surface area contributed by atoms with Gasteiger partial charge in [0.1, 0.15) is 11.5 Å². The average molecular weight is 897 g/mol. The molecule has 16 heteroatoms. The van der Waals surface area contributed by atoms with E-state index in [0.29, 0.717) is 44.2 Å². The van der Waals surface area contributed by atoms with Crippen molar-refractivity contribution < 1.29 is 49.8 Å². The fraction of sp³-hybridized carbons (Fsp3) is 0.240. The number of phenolic OH excluding ortho intramolecular Hbond substituents is 6. The molecular weight excluding hydrogens is 845 g/mol. The van der Waals surface area contributed by atoms with Gasteiger partial charge < -0.3 is 41.3 Å². The van der Waals surface area contributed by atoms with Gasteiger partial charge in [0.25, 0.3) is 11.8 Å². The number of carbonyl (C=O) groups is 4. The standard InChI is InChI=1S/C50H52N6O10/c1-25(2)37-31-21-27(5)39(45(61)41(31)33(43(59)47(37)63)23-53-55-35(57)17-19-51-49(65)29-13-9-7-10-14-29)40-28(6)22-32-38(26(3)4)48(64)44(60)34(42(32)46(40)62)24-54-56-36(58)18-20-52-50(66)30-15-11-8-12-16-30/h7-16,21-26,59-64H,17-20H2,1-6H3,(H,51,65)(H,52,66)(H,55,57)(H,56,58)/b53-23-,54-24-. The van der Waals surface area contributed by atoms with Crippen molar-refractivity contribution in [1.82, 2.24) is 21.5 Å². The van der Waals surface area contributed by atoms with Crippen LogP contribution in [0.5, 0.6) is 34.5 Å². The highest BCUT2D eigenvalue weighted by atomic mass is 16.3. The summed E-state index contributed by atoms with van der Waals surface area (Å²) in [7, 11) is 0. The molecule has 16 nitrogen and oxygen atoms in total. The van der Waals surface area contributed by atoms with E-state index >= 15 is 0 Å². The maximum absolute atomic E-state index is 12.7. The second-order valence-corrected chi connectivity index (χ2v) is 16.4. The molecule has 0 radical (unpaired) electrons. The van der Waals surface area contributed by atoms with Gasteiger partial charge in [-0.3, -0.25) is 19.2 Å². The number of amides is 4. The van der Waals surface area contributed by atoms with Gasteiger partial charge in [-0.1, -0.05) is 76.2 Å². The summed E-state index contributed by atoms with van der Waals surface area (Å²) < 4.78 is 0. The van der Waals surface area contributed by atoms with E-state index in [1.807, 2.05) is 0 Å². The summed E-state index contributed by atoms with van der Waals surface area (Å²) >= 11 is 0. The predicted molar refractivity (Wildman–Crippen MR) is 253 cm³/mol. The molecule has 0 heterocycles. The largest absolute Gasteiger partial charge is 0.507 e. The highest BCUT2D eigenvalue weighted by molar-refractivity contribution is 6.15. The van der Waals surface area contributed by atoms with E-state index in [0.717, 1.165) is 12.4 Å². The van der Waals surface area contributed by atoms with Gasteiger partial charge in [0, 0.05) is 70.1 Å². The first-order valence-corrected chi connectivity index (χ1v) is 21.2. The van der Waals surface area contributed by atoms with Gasteiger partial charge in [-0.15, -0.1) is 0 Å². The Morgan fingerprint density at radius 3 is 1.21 bits per heavy atom. The summed E-state index contributed by atoms with van der Waals surface area (Å²) in [5, 5.41) is 84.3. The van der Waals surface area contributed by atoms with Crippen molar-refractivity contribution in [2.24, 2.45) is 10.2 Å². The van der Waals surface area contributed by atoms with Crippen molar-refractivity contribution in [2.45, 2.75) is 66.2 Å². The van der Waals surface area contributed by atoms with E-state index in [2.05, 4.69) is 31.7 Å². The second kappa shape index (κ2) is 20.1. The van der Waals surface area contributed by atoms with Crippen LogP contribution in [0.25, 0.3) is 32.7 Å². The number of phenols is 6. The molecule has 0 spiro atoms. The normalized spacial score (nSPS) is 11.6. The zero-order chi connectivity index (χ0) is 48.0. The van der Waals surface area contributed by atoms with E-state index < -0.39 is 46.3 Å². The Kier molecular flexibility index (Phi) is 14.4. The molecule has 66 heavy (non-hydrogen) atoms. The SMILES string of the molecule is Cc1cc2c(C(C)C)c(O)c(O)c(/C=N\NC(=O)CCNC(=O)c3ccccc3)c2c(O)c1-c1c(C)cc2c(C(C)C)c(O)c(O)c(/C=N\NC(=O)CCNC(=O)c3ccccc3)c2c1O. The minimum absolute atomic E-state index is 0.000118. The fourth-order valence-electron chi connectivity index (χ4n) is 8.04. The van der Waals surface area contributed by atoms with Crippen molar-refractivity contribution in [2.75, 3.05) is 13.1 Å². The van der Waals surface area contributed by atoms with E-state index in [-0.39, 0.29) is 82.6 Å². The van der Waals surface area contributed by atoms with Crippen LogP contribution in [0.1, 0.15) is 106 Å². The molecule has 0 aliphatic rings. The Morgan fingerprint density at radius 1 is 0.530 bits per heavy atom. The van der Waals surface area contributed by atoms with Gasteiger partial charge >= 0.3 is 0 Å². The highest BCUT2D eigenvalue weighted by Gasteiger charge is 2.30. The topological polar surface area (TPSA) is 262 Å². The number of benzene rings is 6. The quantitative estimate of drug-likeness (QED) is 0.0279. The predicted octanol–water partition coefficient (Wildman–Crippen LogP) is 7.30. The number of nitrogens with zero attached hydrogens (tertiary/aromatic N) is 2. The van der Waals surface area contributed by atoms with Crippen molar-refractivity contribution >= 4 is 57.6 Å². The zero-order valence-corrected chi connectivity index (χ0v) is 37.3. The van der Waals surface area contributed by atoms with Crippen LogP contribution in [0.15, 0.2) is 83.0 Å². The number of rotatable bonds is 15. The molecule has 0 saturated heterocycles. The average Bonchev–Trinajstić information content (AvgIpc) is 3.27. The summed E-state index contributed by atoms with van der Waals surface area (Å²) in [6, 6.07) is 20.3. The lowest BCUT2D eigenvalue weighted by atomic mass is 9.83. The number of fused-ring (bicyclic) bond motifs is 2. The molecule has 6 aromatic carbocycles. The van der Waals surface area contributed by atoms with Gasteiger partial charge in [-0.2, -0.15) is 10.2 Å². The third-order valence-corrected chi connectivity index (χ3v) is 11.1. The number of hydrogen-bond acceptors (Lipinski definition) is 12. The molecule has 0 aliphatic carbocycles. The molecule has 0 unspecified atom stereocenters. The summed E-state index contributed by atoms with van der Waals surface area (Å²) in [6.07, 6.45) is 1.86. The first-order valence-electron chi connectivity index (χ1n) is 21.2. The Labute approximate surface area is 380 Å². The van der Waals surface area contributed by atoms with Crippen molar-refractivity contribution in [3.8, 4) is 45.6 Å². The molecule has 0 aliphatic heterocycles. The van der Waals surface area contributed by atoms with Crippen LogP contribution in [0.2, 0.25) is 0 Å². The molecule has 0 bridgehead atoms. The third-order valence-electron chi connectivity index (χ3n) is 11.1. The van der Waals surface area contributed by atoms with Crippen molar-refractivity contribution in [3.05, 3.63) is 117 Å². The number of aromatic hydroxyl groups is 6. The lowest BCUT2D eigenvalue weighted by Crippen LogP contribution is -2.29. The number of hydrazone groups is 2. The molecule has 4 amide bonds. The van der Waals surface area contributed by atoms with Gasteiger partial charge in [0.05, 0.1) is 23.6 Å². The molecule has 0 saturated carbocycles. The lowest BCUT2D eigenvalue weighted by Gasteiger charge is -2.23. The van der Waals surface area contributed by atoms with Gasteiger partial charge in [-0.25, -0.2) is 10.9 Å². The van der Waals surface area contributed by atoms with Crippen LogP contribution in [0.3, 0.4) is 0 Å². The molecule has 6 rings (SSSR count). The van der Waals surface area contributed by atoms with Gasteiger partial charge in [0.15, 0.2) is 23.0 Å². The van der Waals surface area contributed by atoms with Crippen molar-refractivity contribution in [3.63, 3.8) is 0 Å².